The van der Waals surface area contributed by atoms with Gasteiger partial charge < -0.3 is 11.5 Å². The smallest absolute Gasteiger partial charge is 0.241 e. The third kappa shape index (κ3) is 34.4. The summed E-state index contributed by atoms with van der Waals surface area (Å²) in [5.74, 6) is -0.670. The summed E-state index contributed by atoms with van der Waals surface area (Å²) in [7, 11) is 0. The van der Waals surface area contributed by atoms with E-state index in [1.165, 1.54) is 179 Å². The zero-order valence-electron chi connectivity index (χ0n) is 25.1. The van der Waals surface area contributed by atoms with Crippen LogP contribution in [0.15, 0.2) is 24.3 Å². The van der Waals surface area contributed by atoms with Gasteiger partial charge in [-0.05, 0) is 37.8 Å². The minimum atomic E-state index is -0.335. The minimum absolute atomic E-state index is 0.335. The second kappa shape index (κ2) is 31.6. The zero-order chi connectivity index (χ0) is 27.8. The van der Waals surface area contributed by atoms with E-state index in [0.717, 1.165) is 12.8 Å². The first-order chi connectivity index (χ1) is 18.6. The van der Waals surface area contributed by atoms with Crippen LogP contribution in [0.5, 0.6) is 0 Å². The maximum absolute atomic E-state index is 10.6. The third-order valence-corrected chi connectivity index (χ3v) is 7.56. The highest BCUT2D eigenvalue weighted by molar-refractivity contribution is 5.85. The quantitative estimate of drug-likeness (QED) is 0.0687. The van der Waals surface area contributed by atoms with Crippen molar-refractivity contribution in [2.75, 3.05) is 0 Å². The van der Waals surface area contributed by atoms with E-state index in [9.17, 15) is 9.59 Å². The monoisotopic (exact) mass is 532 g/mol. The van der Waals surface area contributed by atoms with Gasteiger partial charge >= 0.3 is 0 Å². The number of primary amides is 2. The van der Waals surface area contributed by atoms with Crippen molar-refractivity contribution in [3.63, 3.8) is 0 Å². The Morgan fingerprint density at radius 3 is 0.632 bits per heavy atom. The lowest BCUT2D eigenvalue weighted by molar-refractivity contribution is -0.114. The molecule has 0 saturated heterocycles. The molecule has 0 aromatic carbocycles. The van der Waals surface area contributed by atoms with Crippen molar-refractivity contribution in [1.29, 1.82) is 0 Å². The molecule has 0 spiro atoms. The van der Waals surface area contributed by atoms with Crippen LogP contribution in [-0.2, 0) is 9.59 Å². The first-order valence-electron chi connectivity index (χ1n) is 16.5. The molecule has 2 amide bonds. The standard InChI is InChI=1S/C34H64N2O2/c35-33(37)31-29-27-25-23-21-19-17-15-13-11-9-7-5-3-1-2-4-6-8-10-12-14-16-18-20-22-24-26-28-30-32-34(36)38/h29-32H,1-28H2,(H2,35,37)(H2,36,38). The number of nitrogens with two attached hydrogens (primary N) is 2. The van der Waals surface area contributed by atoms with E-state index < -0.39 is 0 Å². The maximum Gasteiger partial charge on any atom is 0.241 e. The van der Waals surface area contributed by atoms with Crippen LogP contribution >= 0.6 is 0 Å². The van der Waals surface area contributed by atoms with Crippen molar-refractivity contribution < 1.29 is 9.59 Å². The fraction of sp³-hybridized carbons (Fsp3) is 0.824. The molecule has 0 aliphatic rings. The summed E-state index contributed by atoms with van der Waals surface area (Å²) in [6.07, 6.45) is 44.7. The normalized spacial score (nSPS) is 11.7. The Balaban J connectivity index is 3.07. The molecule has 0 aromatic rings. The molecule has 0 aliphatic carbocycles. The molecule has 0 saturated carbocycles. The molecular formula is C34H64N2O2. The summed E-state index contributed by atoms with van der Waals surface area (Å²) in [6.45, 7) is 0. The van der Waals surface area contributed by atoms with Gasteiger partial charge in [0.2, 0.25) is 11.8 Å². The Hall–Kier alpha value is -1.58. The molecule has 4 nitrogen and oxygen atoms in total. The van der Waals surface area contributed by atoms with Crippen molar-refractivity contribution in [1.82, 2.24) is 0 Å². The van der Waals surface area contributed by atoms with Crippen LogP contribution < -0.4 is 11.5 Å². The number of unbranched alkanes of at least 4 members (excludes halogenated alkanes) is 27. The molecule has 0 unspecified atom stereocenters. The van der Waals surface area contributed by atoms with E-state index in [4.69, 9.17) is 11.5 Å². The van der Waals surface area contributed by atoms with E-state index in [0.29, 0.717) is 0 Å². The van der Waals surface area contributed by atoms with Gasteiger partial charge in [0.15, 0.2) is 0 Å². The van der Waals surface area contributed by atoms with Gasteiger partial charge in [-0.3, -0.25) is 9.59 Å². The fourth-order valence-corrected chi connectivity index (χ4v) is 5.17. The summed E-state index contributed by atoms with van der Waals surface area (Å²) < 4.78 is 0. The molecule has 4 heteroatoms. The van der Waals surface area contributed by atoms with Crippen LogP contribution in [0.1, 0.15) is 180 Å². The number of rotatable bonds is 31. The lowest BCUT2D eigenvalue weighted by Crippen LogP contribution is -2.05. The summed E-state index contributed by atoms with van der Waals surface area (Å²) in [4.78, 5) is 21.2. The molecule has 0 fully saturated rings. The van der Waals surface area contributed by atoms with Crippen LogP contribution in [0.4, 0.5) is 0 Å². The van der Waals surface area contributed by atoms with Gasteiger partial charge in [-0.2, -0.15) is 0 Å². The van der Waals surface area contributed by atoms with E-state index in [-0.39, 0.29) is 11.8 Å². The molecule has 0 aromatic heterocycles. The van der Waals surface area contributed by atoms with Gasteiger partial charge in [-0.25, -0.2) is 0 Å². The maximum atomic E-state index is 10.6. The molecule has 0 atom stereocenters. The molecule has 0 heterocycles. The molecule has 222 valence electrons. The highest BCUT2D eigenvalue weighted by Gasteiger charge is 1.97. The van der Waals surface area contributed by atoms with Crippen molar-refractivity contribution in [3.05, 3.63) is 24.3 Å². The second-order valence-electron chi connectivity index (χ2n) is 11.4. The molecule has 38 heavy (non-hydrogen) atoms. The number of allylic oxidation sites excluding steroid dienone is 2. The topological polar surface area (TPSA) is 86.2 Å². The van der Waals surface area contributed by atoms with Crippen LogP contribution in [0.3, 0.4) is 0 Å². The van der Waals surface area contributed by atoms with Crippen LogP contribution in [0.25, 0.3) is 0 Å². The van der Waals surface area contributed by atoms with Gasteiger partial charge in [0.05, 0.1) is 0 Å². The van der Waals surface area contributed by atoms with Crippen molar-refractivity contribution >= 4 is 11.8 Å². The lowest BCUT2D eigenvalue weighted by Gasteiger charge is -2.04. The number of amides is 2. The zero-order valence-corrected chi connectivity index (χ0v) is 25.1. The summed E-state index contributed by atoms with van der Waals surface area (Å²) in [5.41, 5.74) is 10.2. The minimum Gasteiger partial charge on any atom is -0.366 e. The van der Waals surface area contributed by atoms with Crippen LogP contribution in [0, 0.1) is 0 Å². The Kier molecular flexibility index (Phi) is 30.3. The van der Waals surface area contributed by atoms with Gasteiger partial charge in [0.25, 0.3) is 0 Å². The Morgan fingerprint density at radius 1 is 0.316 bits per heavy atom. The average molecular weight is 533 g/mol. The molecule has 0 aliphatic heterocycles. The van der Waals surface area contributed by atoms with Gasteiger partial charge in [-0.1, -0.05) is 166 Å². The summed E-state index contributed by atoms with van der Waals surface area (Å²) in [5, 5.41) is 0. The number of carbonyl (C=O) groups is 2. The Morgan fingerprint density at radius 2 is 0.474 bits per heavy atom. The number of hydrogen-bond donors (Lipinski definition) is 2. The molecule has 0 rings (SSSR count). The average Bonchev–Trinajstić information content (AvgIpc) is 2.89. The summed E-state index contributed by atoms with van der Waals surface area (Å²) in [6, 6.07) is 0. The fourth-order valence-electron chi connectivity index (χ4n) is 5.17. The van der Waals surface area contributed by atoms with Crippen molar-refractivity contribution in [2.45, 2.75) is 180 Å². The molecule has 0 radical (unpaired) electrons. The molecule has 4 N–H and O–H groups in total. The predicted molar refractivity (Wildman–Crippen MR) is 166 cm³/mol. The van der Waals surface area contributed by atoms with Gasteiger partial charge in [-0.15, -0.1) is 0 Å². The Bertz CT molecular complexity index is 521. The SMILES string of the molecule is NC(=O)C=CCCCCCCCCCCCCCCCCCCCCCCCCCCCCC=CC(N)=O. The Labute approximate surface area is 236 Å². The largest absolute Gasteiger partial charge is 0.366 e. The highest BCUT2D eigenvalue weighted by atomic mass is 16.1. The molecule has 0 bridgehead atoms. The van der Waals surface area contributed by atoms with Crippen molar-refractivity contribution in [3.8, 4) is 0 Å². The first-order valence-corrected chi connectivity index (χ1v) is 16.5. The first kappa shape index (κ1) is 36.4. The number of hydrogen-bond acceptors (Lipinski definition) is 2. The molecular weight excluding hydrogens is 468 g/mol. The highest BCUT2D eigenvalue weighted by Crippen LogP contribution is 2.16. The van der Waals surface area contributed by atoms with E-state index in [1.807, 2.05) is 12.2 Å². The van der Waals surface area contributed by atoms with E-state index >= 15 is 0 Å². The van der Waals surface area contributed by atoms with Gasteiger partial charge in [0.1, 0.15) is 0 Å². The van der Waals surface area contributed by atoms with Crippen LogP contribution in [-0.4, -0.2) is 11.8 Å². The van der Waals surface area contributed by atoms with E-state index in [1.54, 1.807) is 0 Å². The summed E-state index contributed by atoms with van der Waals surface area (Å²) >= 11 is 0. The third-order valence-electron chi connectivity index (χ3n) is 7.56. The van der Waals surface area contributed by atoms with Crippen LogP contribution in [0.2, 0.25) is 0 Å². The van der Waals surface area contributed by atoms with Crippen molar-refractivity contribution in [2.24, 2.45) is 11.5 Å². The van der Waals surface area contributed by atoms with E-state index in [2.05, 4.69) is 0 Å². The predicted octanol–water partition coefficient (Wildman–Crippen LogP) is 9.99. The second-order valence-corrected chi connectivity index (χ2v) is 11.4. The lowest BCUT2D eigenvalue weighted by atomic mass is 10.0. The van der Waals surface area contributed by atoms with Gasteiger partial charge in [0, 0.05) is 0 Å². The number of carbonyl (C=O) groups excluding carboxylic acids is 2.